The van der Waals surface area contributed by atoms with E-state index in [-0.39, 0.29) is 53.4 Å². The van der Waals surface area contributed by atoms with E-state index in [2.05, 4.69) is 52.9 Å². The second kappa shape index (κ2) is 5.59. The van der Waals surface area contributed by atoms with Crippen LogP contribution in [-0.4, -0.2) is 0 Å². The Morgan fingerprint density at radius 3 is 1.38 bits per heavy atom. The van der Waals surface area contributed by atoms with Crippen molar-refractivity contribution in [2.45, 2.75) is 34.6 Å². The van der Waals surface area contributed by atoms with Gasteiger partial charge in [0.05, 0.1) is 0 Å². The molecule has 0 radical (unpaired) electrons. The molecule has 0 unspecified atom stereocenters. The van der Waals surface area contributed by atoms with Gasteiger partial charge in [-0.25, -0.2) is 0 Å². The van der Waals surface area contributed by atoms with E-state index in [0.29, 0.717) is 0 Å². The molecule has 0 fully saturated rings. The molecular weight excluding hydrogens is 475 g/mol. The zero-order chi connectivity index (χ0) is 8.81. The standard InChI is InChI=1S/C10H15.2HI.Ru/c1-7-6-10(4,5)9(3)8(7)2;;;/h1-5H3;2*1H;/q;;;+2/p-2. The zero-order valence-electron chi connectivity index (χ0n) is 8.61. The SMILES string of the molecule is CC1=C(C)C(C)(C)[C]([Ru+2])=C1C.[I-].[I-]. The van der Waals surface area contributed by atoms with Crippen molar-refractivity contribution in [2.75, 3.05) is 0 Å². The minimum Gasteiger partial charge on any atom is -1.00 e. The Hall–Kier alpha value is 1.56. The average Bonchev–Trinajstić information content (AvgIpc) is 2.06. The summed E-state index contributed by atoms with van der Waals surface area (Å²) in [7, 11) is 0. The van der Waals surface area contributed by atoms with E-state index in [1.807, 2.05) is 0 Å². The van der Waals surface area contributed by atoms with Crippen LogP contribution in [0.5, 0.6) is 0 Å². The topological polar surface area (TPSA) is 0 Å². The van der Waals surface area contributed by atoms with Gasteiger partial charge in [-0.2, -0.15) is 0 Å². The fourth-order valence-corrected chi connectivity index (χ4v) is 2.19. The van der Waals surface area contributed by atoms with Crippen molar-refractivity contribution in [3.8, 4) is 0 Å². The maximum absolute atomic E-state index is 2.77. The molecule has 13 heavy (non-hydrogen) atoms. The molecule has 77 valence electrons. The Bertz CT molecular complexity index is 236. The van der Waals surface area contributed by atoms with Crippen molar-refractivity contribution in [1.29, 1.82) is 0 Å². The van der Waals surface area contributed by atoms with E-state index in [0.717, 1.165) is 0 Å². The summed E-state index contributed by atoms with van der Waals surface area (Å²) in [5.41, 5.74) is 4.74. The van der Waals surface area contributed by atoms with Gasteiger partial charge in [0, 0.05) is 0 Å². The summed E-state index contributed by atoms with van der Waals surface area (Å²) in [5.74, 6) is 0. The molecule has 0 N–H and O–H groups in total. The Kier molecular flexibility index (Phi) is 7.30. The molecule has 1 aliphatic carbocycles. The van der Waals surface area contributed by atoms with Crippen molar-refractivity contribution in [3.05, 3.63) is 20.9 Å². The van der Waals surface area contributed by atoms with Crippen LogP contribution in [0.15, 0.2) is 20.9 Å². The minimum absolute atomic E-state index is 0. The van der Waals surface area contributed by atoms with Crippen LogP contribution in [0.2, 0.25) is 0 Å². The summed E-state index contributed by atoms with van der Waals surface area (Å²) >= 11 is 2.77. The Morgan fingerprint density at radius 1 is 0.923 bits per heavy atom. The molecule has 0 atom stereocenters. The van der Waals surface area contributed by atoms with Gasteiger partial charge >= 0.3 is 79.2 Å². The molecule has 0 aromatic carbocycles. The third-order valence-electron chi connectivity index (χ3n) is 2.92. The van der Waals surface area contributed by atoms with Gasteiger partial charge in [0.2, 0.25) is 0 Å². The molecule has 0 spiro atoms. The second-order valence-corrected chi connectivity index (χ2v) is 4.67. The first-order valence-corrected chi connectivity index (χ1v) is 4.80. The first-order chi connectivity index (χ1) is 4.89. The van der Waals surface area contributed by atoms with Crippen molar-refractivity contribution in [1.82, 2.24) is 0 Å². The molecule has 0 saturated carbocycles. The molecule has 0 bridgehead atoms. The van der Waals surface area contributed by atoms with Crippen molar-refractivity contribution < 1.29 is 66.3 Å². The van der Waals surface area contributed by atoms with Gasteiger partial charge in [-0.3, -0.25) is 0 Å². The molecule has 0 amide bonds. The van der Waals surface area contributed by atoms with Crippen molar-refractivity contribution in [3.63, 3.8) is 0 Å². The average molecular weight is 490 g/mol. The summed E-state index contributed by atoms with van der Waals surface area (Å²) in [6.07, 6.45) is 0. The van der Waals surface area contributed by atoms with E-state index in [1.54, 1.807) is 0 Å². The van der Waals surface area contributed by atoms with Gasteiger partial charge in [0.25, 0.3) is 0 Å². The van der Waals surface area contributed by atoms with Crippen LogP contribution in [0.25, 0.3) is 0 Å². The minimum atomic E-state index is 0. The normalized spacial score (nSPS) is 19.8. The van der Waals surface area contributed by atoms with Crippen molar-refractivity contribution >= 4 is 0 Å². The van der Waals surface area contributed by atoms with Gasteiger partial charge in [0.1, 0.15) is 0 Å². The summed E-state index contributed by atoms with van der Waals surface area (Å²) in [4.78, 5) is 0. The number of halogens is 2. The molecule has 0 heterocycles. The summed E-state index contributed by atoms with van der Waals surface area (Å²) in [5, 5.41) is 0. The number of rotatable bonds is 0. The summed E-state index contributed by atoms with van der Waals surface area (Å²) in [6, 6.07) is 0. The van der Waals surface area contributed by atoms with Gasteiger partial charge in [0.15, 0.2) is 0 Å². The zero-order valence-corrected chi connectivity index (χ0v) is 14.7. The largest absolute Gasteiger partial charge is 1.00 e. The molecule has 1 rings (SSSR count). The molecule has 1 aliphatic rings. The fourth-order valence-electron chi connectivity index (χ4n) is 1.54. The summed E-state index contributed by atoms with van der Waals surface area (Å²) < 4.78 is 1.46. The summed E-state index contributed by atoms with van der Waals surface area (Å²) in [6.45, 7) is 11.2. The Labute approximate surface area is 126 Å². The second-order valence-electron chi connectivity index (χ2n) is 3.80. The van der Waals surface area contributed by atoms with Crippen molar-refractivity contribution in [2.24, 2.45) is 5.41 Å². The van der Waals surface area contributed by atoms with Gasteiger partial charge in [-0.05, 0) is 0 Å². The first-order valence-electron chi connectivity index (χ1n) is 3.93. The Morgan fingerprint density at radius 2 is 1.31 bits per heavy atom. The smallest absolute Gasteiger partial charge is 1.00 e. The monoisotopic (exact) mass is 491 g/mol. The van der Waals surface area contributed by atoms with Crippen LogP contribution in [-0.2, 0) is 18.3 Å². The fraction of sp³-hybridized carbons (Fsp3) is 0.600. The molecule has 3 heteroatoms. The maximum Gasteiger partial charge on any atom is -1.00 e. The van der Waals surface area contributed by atoms with Crippen LogP contribution >= 0.6 is 0 Å². The molecule has 0 aliphatic heterocycles. The number of allylic oxidation sites excluding steroid dienone is 4. The van der Waals surface area contributed by atoms with E-state index in [9.17, 15) is 0 Å². The predicted octanol–water partition coefficient (Wildman–Crippen LogP) is -2.81. The molecule has 0 saturated heterocycles. The van der Waals surface area contributed by atoms with Gasteiger partial charge in [-0.1, -0.05) is 0 Å². The van der Waals surface area contributed by atoms with Crippen LogP contribution < -0.4 is 48.0 Å². The third-order valence-corrected chi connectivity index (χ3v) is 4.65. The van der Waals surface area contributed by atoms with Crippen LogP contribution in [0, 0.1) is 5.41 Å². The number of hydrogen-bond donors (Lipinski definition) is 0. The van der Waals surface area contributed by atoms with Crippen LogP contribution in [0.3, 0.4) is 0 Å². The van der Waals surface area contributed by atoms with E-state index >= 15 is 0 Å². The molecular formula is C10H15I2Ru. The van der Waals surface area contributed by atoms with Crippen LogP contribution in [0.4, 0.5) is 0 Å². The predicted molar refractivity (Wildman–Crippen MR) is 44.9 cm³/mol. The maximum atomic E-state index is 2.77. The number of hydrogen-bond acceptors (Lipinski definition) is 0. The molecule has 0 aromatic rings. The molecule has 0 aromatic heterocycles. The van der Waals surface area contributed by atoms with E-state index < -0.39 is 0 Å². The molecule has 0 nitrogen and oxygen atoms in total. The third kappa shape index (κ3) is 2.78. The van der Waals surface area contributed by atoms with Crippen LogP contribution in [0.1, 0.15) is 34.6 Å². The van der Waals surface area contributed by atoms with Gasteiger partial charge < -0.3 is 48.0 Å². The van der Waals surface area contributed by atoms with Gasteiger partial charge in [-0.15, -0.1) is 0 Å². The Balaban J connectivity index is 0. The van der Waals surface area contributed by atoms with E-state index in [1.165, 1.54) is 20.9 Å². The quantitative estimate of drug-likeness (QED) is 0.255. The van der Waals surface area contributed by atoms with E-state index in [4.69, 9.17) is 0 Å². The first kappa shape index (κ1) is 17.0.